The highest BCUT2D eigenvalue weighted by atomic mass is 35.5. The molecule has 0 saturated carbocycles. The van der Waals surface area contributed by atoms with Gasteiger partial charge in [0.15, 0.2) is 23.2 Å². The fraction of sp³-hybridized carbons (Fsp3) is 0.136. The molecule has 29 heavy (non-hydrogen) atoms. The maximum absolute atomic E-state index is 14.9. The highest BCUT2D eigenvalue weighted by Gasteiger charge is 2.22. The molecule has 2 heterocycles. The van der Waals surface area contributed by atoms with Crippen molar-refractivity contribution in [2.24, 2.45) is 0 Å². The molecule has 1 N–H and O–H groups in total. The Bertz CT molecular complexity index is 1250. The van der Waals surface area contributed by atoms with Gasteiger partial charge in [0, 0.05) is 6.92 Å². The van der Waals surface area contributed by atoms with Crippen molar-refractivity contribution in [2.75, 3.05) is 7.11 Å². The van der Waals surface area contributed by atoms with Crippen molar-refractivity contribution in [3.8, 4) is 28.4 Å². The lowest BCUT2D eigenvalue weighted by Crippen LogP contribution is -2.04. The number of H-pyrrole nitrogens is 1. The summed E-state index contributed by atoms with van der Waals surface area (Å²) >= 11 is 5.99. The Kier molecular flexibility index (Phi) is 4.80. The van der Waals surface area contributed by atoms with Gasteiger partial charge in [-0.1, -0.05) is 41.9 Å². The lowest BCUT2D eigenvalue weighted by Gasteiger charge is -2.09. The highest BCUT2D eigenvalue weighted by Crippen LogP contribution is 2.36. The van der Waals surface area contributed by atoms with Gasteiger partial charge in [0.05, 0.1) is 28.8 Å². The summed E-state index contributed by atoms with van der Waals surface area (Å²) in [5, 5.41) is 0.769. The first-order valence-electron chi connectivity index (χ1n) is 8.91. The molecule has 0 aliphatic rings. The number of rotatable bonds is 4. The van der Waals surface area contributed by atoms with Gasteiger partial charge < -0.3 is 9.72 Å². The minimum absolute atomic E-state index is 0.0797. The van der Waals surface area contributed by atoms with Crippen molar-refractivity contribution in [1.29, 1.82) is 0 Å². The Hall–Kier alpha value is -3.25. The Morgan fingerprint density at radius 1 is 1.14 bits per heavy atom. The van der Waals surface area contributed by atoms with Crippen LogP contribution in [0.4, 0.5) is 4.39 Å². The molecule has 4 aromatic rings. The summed E-state index contributed by atoms with van der Waals surface area (Å²) in [6, 6.07) is 12.7. The minimum atomic E-state index is -0.680. The first-order valence-corrected chi connectivity index (χ1v) is 9.29. The molecule has 0 amide bonds. The SMILES string of the molecule is COc1c(Cl)ccc(-c2nc(C(C)=O)c3c(C)c(-c4ccccc4)[nH]c3n2)c1F. The van der Waals surface area contributed by atoms with E-state index in [4.69, 9.17) is 16.3 Å². The van der Waals surface area contributed by atoms with Crippen LogP contribution in [0, 0.1) is 12.7 Å². The number of Topliss-reactive ketones (excluding diaryl/α,β-unsaturated/α-hetero) is 1. The number of hydrogen-bond acceptors (Lipinski definition) is 4. The molecule has 2 aromatic carbocycles. The van der Waals surface area contributed by atoms with E-state index in [9.17, 15) is 9.18 Å². The molecule has 0 radical (unpaired) electrons. The largest absolute Gasteiger partial charge is 0.492 e. The van der Waals surface area contributed by atoms with Crippen molar-refractivity contribution >= 4 is 28.4 Å². The lowest BCUT2D eigenvalue weighted by atomic mass is 10.0. The van der Waals surface area contributed by atoms with Crippen molar-refractivity contribution in [3.63, 3.8) is 0 Å². The third-order valence-electron chi connectivity index (χ3n) is 4.79. The summed E-state index contributed by atoms with van der Waals surface area (Å²) in [6.45, 7) is 3.33. The van der Waals surface area contributed by atoms with Crippen LogP contribution in [0.1, 0.15) is 23.0 Å². The second-order valence-electron chi connectivity index (χ2n) is 6.61. The number of halogens is 2. The molecule has 0 spiro atoms. The molecule has 0 aliphatic heterocycles. The van der Waals surface area contributed by atoms with E-state index >= 15 is 0 Å². The number of aromatic amines is 1. The van der Waals surface area contributed by atoms with Crippen molar-refractivity contribution < 1.29 is 13.9 Å². The van der Waals surface area contributed by atoms with E-state index in [1.807, 2.05) is 37.3 Å². The molecule has 0 bridgehead atoms. The molecular formula is C22H17ClFN3O2. The second-order valence-corrected chi connectivity index (χ2v) is 7.02. The van der Waals surface area contributed by atoms with E-state index in [2.05, 4.69) is 15.0 Å². The number of methoxy groups -OCH3 is 1. The average Bonchev–Trinajstić information content (AvgIpc) is 3.05. The van der Waals surface area contributed by atoms with Gasteiger partial charge in [-0.05, 0) is 30.2 Å². The topological polar surface area (TPSA) is 67.9 Å². The molecule has 0 fully saturated rings. The molecule has 146 valence electrons. The van der Waals surface area contributed by atoms with Crippen molar-refractivity contribution in [2.45, 2.75) is 13.8 Å². The first kappa shape index (κ1) is 19.1. The predicted molar refractivity (Wildman–Crippen MR) is 111 cm³/mol. The van der Waals surface area contributed by atoms with E-state index in [0.717, 1.165) is 16.8 Å². The zero-order chi connectivity index (χ0) is 20.7. The summed E-state index contributed by atoms with van der Waals surface area (Å²) in [5.41, 5.74) is 3.45. The van der Waals surface area contributed by atoms with Gasteiger partial charge in [0.25, 0.3) is 0 Å². The van der Waals surface area contributed by atoms with Crippen LogP contribution in [0.3, 0.4) is 0 Å². The molecular weight excluding hydrogens is 393 g/mol. The van der Waals surface area contributed by atoms with Gasteiger partial charge in [-0.15, -0.1) is 0 Å². The summed E-state index contributed by atoms with van der Waals surface area (Å²) in [4.78, 5) is 24.5. The molecule has 0 unspecified atom stereocenters. The number of ether oxygens (including phenoxy) is 1. The summed E-state index contributed by atoms with van der Waals surface area (Å²) < 4.78 is 20.0. The van der Waals surface area contributed by atoms with Crippen LogP contribution >= 0.6 is 11.6 Å². The van der Waals surface area contributed by atoms with E-state index in [1.54, 1.807) is 0 Å². The first-order chi connectivity index (χ1) is 13.9. The highest BCUT2D eigenvalue weighted by molar-refractivity contribution is 6.32. The van der Waals surface area contributed by atoms with Crippen molar-refractivity contribution in [3.05, 3.63) is 64.6 Å². The van der Waals surface area contributed by atoms with Gasteiger partial charge in [-0.3, -0.25) is 4.79 Å². The molecule has 4 rings (SSSR count). The average molecular weight is 410 g/mol. The Labute approximate surface area is 171 Å². The normalized spacial score (nSPS) is 11.1. The summed E-state index contributed by atoms with van der Waals surface area (Å²) in [6.07, 6.45) is 0. The molecule has 0 aliphatic carbocycles. The lowest BCUT2D eigenvalue weighted by molar-refractivity contribution is 0.101. The monoisotopic (exact) mass is 409 g/mol. The number of carbonyl (C=O) groups is 1. The summed E-state index contributed by atoms with van der Waals surface area (Å²) in [7, 11) is 1.33. The van der Waals surface area contributed by atoms with Gasteiger partial charge in [0.2, 0.25) is 0 Å². The van der Waals surface area contributed by atoms with Crippen LogP contribution < -0.4 is 4.74 Å². The molecule has 2 aromatic heterocycles. The number of aryl methyl sites for hydroxylation is 1. The van der Waals surface area contributed by atoms with Crippen LogP contribution in [-0.4, -0.2) is 27.8 Å². The Morgan fingerprint density at radius 3 is 2.52 bits per heavy atom. The maximum atomic E-state index is 14.9. The van der Waals surface area contributed by atoms with E-state index in [1.165, 1.54) is 26.2 Å². The van der Waals surface area contributed by atoms with Crippen LogP contribution in [0.5, 0.6) is 5.75 Å². The van der Waals surface area contributed by atoms with Gasteiger partial charge in [0.1, 0.15) is 11.3 Å². The molecule has 7 heteroatoms. The zero-order valence-electron chi connectivity index (χ0n) is 16.0. The minimum Gasteiger partial charge on any atom is -0.492 e. The summed E-state index contributed by atoms with van der Waals surface area (Å²) in [5.74, 6) is -0.928. The fourth-order valence-electron chi connectivity index (χ4n) is 3.40. The quantitative estimate of drug-likeness (QED) is 0.445. The van der Waals surface area contributed by atoms with Gasteiger partial charge in [-0.2, -0.15) is 0 Å². The number of benzene rings is 2. The zero-order valence-corrected chi connectivity index (χ0v) is 16.8. The number of nitrogens with one attached hydrogen (secondary N) is 1. The number of ketones is 1. The van der Waals surface area contributed by atoms with Crippen LogP contribution in [0.2, 0.25) is 5.02 Å². The van der Waals surface area contributed by atoms with Gasteiger partial charge in [-0.25, -0.2) is 14.4 Å². The number of nitrogens with zero attached hydrogens (tertiary/aromatic N) is 2. The van der Waals surface area contributed by atoms with Crippen molar-refractivity contribution in [1.82, 2.24) is 15.0 Å². The number of hydrogen-bond donors (Lipinski definition) is 1. The molecule has 0 atom stereocenters. The molecule has 0 saturated heterocycles. The molecule has 5 nitrogen and oxygen atoms in total. The Morgan fingerprint density at radius 2 is 1.86 bits per heavy atom. The number of aromatic nitrogens is 3. The Balaban J connectivity index is 2.01. The number of fused-ring (bicyclic) bond motifs is 1. The standard InChI is InChI=1S/C22H17ClFN3O2/c1-11-16-19(12(2)28)26-21(14-9-10-15(23)20(29-3)17(14)24)27-22(16)25-18(11)13-7-5-4-6-8-13/h4-10H,1-3H3,(H,25,26,27). The van der Waals surface area contributed by atoms with E-state index in [-0.39, 0.29) is 33.6 Å². The van der Waals surface area contributed by atoms with E-state index < -0.39 is 5.82 Å². The number of carbonyl (C=O) groups excluding carboxylic acids is 1. The smallest absolute Gasteiger partial charge is 0.178 e. The fourth-order valence-corrected chi connectivity index (χ4v) is 3.63. The van der Waals surface area contributed by atoms with Gasteiger partial charge >= 0.3 is 0 Å². The maximum Gasteiger partial charge on any atom is 0.178 e. The third kappa shape index (κ3) is 3.15. The predicted octanol–water partition coefficient (Wildman–Crippen LogP) is 5.60. The second kappa shape index (κ2) is 7.29. The van der Waals surface area contributed by atoms with Crippen LogP contribution in [-0.2, 0) is 0 Å². The van der Waals surface area contributed by atoms with E-state index in [0.29, 0.717) is 11.0 Å². The van der Waals surface area contributed by atoms with Crippen LogP contribution in [0.15, 0.2) is 42.5 Å². The third-order valence-corrected chi connectivity index (χ3v) is 5.09. The van der Waals surface area contributed by atoms with Crippen LogP contribution in [0.25, 0.3) is 33.7 Å².